The van der Waals surface area contributed by atoms with Crippen molar-refractivity contribution in [3.63, 3.8) is 0 Å². The van der Waals surface area contributed by atoms with Gasteiger partial charge in [0.25, 0.3) is 10.1 Å². The second-order valence-corrected chi connectivity index (χ2v) is 8.11. The summed E-state index contributed by atoms with van der Waals surface area (Å²) in [6.45, 7) is 2.18. The summed E-state index contributed by atoms with van der Waals surface area (Å²) in [4.78, 5) is 22.6. The molecule has 9 heteroatoms. The van der Waals surface area contributed by atoms with Gasteiger partial charge in [0.05, 0.1) is 5.75 Å². The average Bonchev–Trinajstić information content (AvgIpc) is 2.53. The molecular formula is C18H33NaO7S. The van der Waals surface area contributed by atoms with Crippen LogP contribution in [0.5, 0.6) is 0 Å². The Kier molecular flexibility index (Phi) is 17.6. The van der Waals surface area contributed by atoms with E-state index >= 15 is 0 Å². The maximum atomic E-state index is 11.3. The minimum absolute atomic E-state index is 0. The van der Waals surface area contributed by atoms with Crippen molar-refractivity contribution in [2.24, 2.45) is 0 Å². The third-order valence-corrected chi connectivity index (χ3v) is 4.99. The van der Waals surface area contributed by atoms with Gasteiger partial charge in [-0.3, -0.25) is 4.55 Å². The van der Waals surface area contributed by atoms with Crippen LogP contribution < -0.4 is 29.6 Å². The van der Waals surface area contributed by atoms with Crippen molar-refractivity contribution in [3.05, 3.63) is 11.1 Å². The van der Waals surface area contributed by atoms with E-state index in [-0.39, 0.29) is 43.0 Å². The molecule has 0 bridgehead atoms. The van der Waals surface area contributed by atoms with Crippen molar-refractivity contribution in [2.45, 2.75) is 84.0 Å². The maximum Gasteiger partial charge on any atom is 1.00 e. The Morgan fingerprint density at radius 1 is 0.741 bits per heavy atom. The van der Waals surface area contributed by atoms with Crippen LogP contribution in [0.25, 0.3) is 0 Å². The largest absolute Gasteiger partial charge is 1.00 e. The molecule has 0 atom stereocenters. The summed E-state index contributed by atoms with van der Waals surface area (Å²) in [6, 6.07) is 0. The number of hydrogen-bond acceptors (Lipinski definition) is 4. The standard InChI is InChI=1S/C18H32O7S.Na.H/c1-2-3-4-5-6-7-8-9-10-11-12-15(17(19)20)16(18(21)22)13-14-26(23,24)25;;/h2-14H2,1H3,(H,19,20)(H,21,22)(H,23,24,25);;/q;+1;-1/b16-15-;;. The van der Waals surface area contributed by atoms with Gasteiger partial charge in [0.2, 0.25) is 0 Å². The van der Waals surface area contributed by atoms with Gasteiger partial charge in [-0.2, -0.15) is 8.42 Å². The Morgan fingerprint density at radius 3 is 1.48 bits per heavy atom. The van der Waals surface area contributed by atoms with Gasteiger partial charge in [0.15, 0.2) is 0 Å². The summed E-state index contributed by atoms with van der Waals surface area (Å²) in [6.07, 6.45) is 10.3. The monoisotopic (exact) mass is 416 g/mol. The van der Waals surface area contributed by atoms with Crippen molar-refractivity contribution in [2.75, 3.05) is 5.75 Å². The molecule has 3 N–H and O–H groups in total. The summed E-state index contributed by atoms with van der Waals surface area (Å²) >= 11 is 0. The molecule has 0 aliphatic rings. The molecule has 0 unspecified atom stereocenters. The molecule has 0 aliphatic carbocycles. The van der Waals surface area contributed by atoms with E-state index in [1.165, 1.54) is 32.1 Å². The first-order valence-corrected chi connectivity index (χ1v) is 10.9. The van der Waals surface area contributed by atoms with Crippen molar-refractivity contribution < 1.29 is 63.8 Å². The molecule has 0 rings (SSSR count). The van der Waals surface area contributed by atoms with Crippen LogP contribution >= 0.6 is 0 Å². The molecule has 0 aromatic heterocycles. The van der Waals surface area contributed by atoms with Crippen LogP contribution in [0.1, 0.15) is 85.4 Å². The first kappa shape index (κ1) is 28.8. The summed E-state index contributed by atoms with van der Waals surface area (Å²) in [5.41, 5.74) is -0.730. The van der Waals surface area contributed by atoms with Crippen molar-refractivity contribution in [1.29, 1.82) is 0 Å². The van der Waals surface area contributed by atoms with Crippen LogP contribution in [0.2, 0.25) is 0 Å². The maximum absolute atomic E-state index is 11.3. The Hall–Kier alpha value is -0.410. The molecule has 0 heterocycles. The molecule has 0 aromatic rings. The second-order valence-electron chi connectivity index (χ2n) is 6.54. The zero-order valence-electron chi connectivity index (χ0n) is 17.6. The predicted octanol–water partition coefficient (Wildman–Crippen LogP) is 1.16. The molecule has 0 saturated carbocycles. The van der Waals surface area contributed by atoms with Crippen LogP contribution in [0, 0.1) is 0 Å². The number of unbranched alkanes of at least 4 members (excludes halogenated alkanes) is 9. The zero-order chi connectivity index (χ0) is 20.0. The van der Waals surface area contributed by atoms with E-state index in [1.807, 2.05) is 0 Å². The fraction of sp³-hybridized carbons (Fsp3) is 0.778. The molecule has 7 nitrogen and oxygen atoms in total. The van der Waals surface area contributed by atoms with Crippen molar-refractivity contribution in [3.8, 4) is 0 Å². The van der Waals surface area contributed by atoms with E-state index in [0.29, 0.717) is 6.42 Å². The molecule has 154 valence electrons. The third kappa shape index (κ3) is 16.3. The molecule has 0 spiro atoms. The van der Waals surface area contributed by atoms with Gasteiger partial charge in [-0.15, -0.1) is 0 Å². The topological polar surface area (TPSA) is 129 Å². The normalized spacial score (nSPS) is 12.2. The minimum Gasteiger partial charge on any atom is -1.00 e. The average molecular weight is 417 g/mol. The quantitative estimate of drug-likeness (QED) is 0.149. The van der Waals surface area contributed by atoms with Gasteiger partial charge in [0.1, 0.15) is 0 Å². The van der Waals surface area contributed by atoms with Crippen LogP contribution in [0.3, 0.4) is 0 Å². The van der Waals surface area contributed by atoms with Gasteiger partial charge in [-0.1, -0.05) is 64.7 Å². The number of carboxylic acids is 2. The van der Waals surface area contributed by atoms with Gasteiger partial charge in [-0.05, 0) is 19.3 Å². The van der Waals surface area contributed by atoms with Crippen molar-refractivity contribution in [1.82, 2.24) is 0 Å². The SMILES string of the molecule is CCCCCCCCCCCC/C(C(=O)O)=C(\CCS(=O)(=O)O)C(=O)O.[H-].[Na+]. The number of hydrogen-bond donors (Lipinski definition) is 3. The van der Waals surface area contributed by atoms with Gasteiger partial charge >= 0.3 is 41.5 Å². The van der Waals surface area contributed by atoms with Gasteiger partial charge in [0, 0.05) is 11.1 Å². The van der Waals surface area contributed by atoms with Crippen LogP contribution in [-0.2, 0) is 19.7 Å². The molecule has 0 fully saturated rings. The number of rotatable bonds is 16. The molecule has 0 amide bonds. The van der Waals surface area contributed by atoms with E-state index in [1.54, 1.807) is 0 Å². The first-order valence-electron chi connectivity index (χ1n) is 9.32. The Bertz CT molecular complexity index is 576. The molecule has 0 radical (unpaired) electrons. The van der Waals surface area contributed by atoms with Crippen LogP contribution in [0.4, 0.5) is 0 Å². The Balaban J connectivity index is -0.00000312. The predicted molar refractivity (Wildman–Crippen MR) is 101 cm³/mol. The van der Waals surface area contributed by atoms with E-state index in [9.17, 15) is 23.1 Å². The number of aliphatic carboxylic acids is 2. The Labute approximate surface area is 186 Å². The zero-order valence-corrected chi connectivity index (χ0v) is 19.4. The molecule has 0 aliphatic heterocycles. The number of carboxylic acid groups (broad SMARTS) is 2. The molecule has 0 aromatic carbocycles. The summed E-state index contributed by atoms with van der Waals surface area (Å²) in [5.74, 6) is -3.62. The number of carbonyl (C=O) groups is 2. The molecular weight excluding hydrogens is 383 g/mol. The second kappa shape index (κ2) is 16.5. The van der Waals surface area contributed by atoms with Crippen LogP contribution in [0.15, 0.2) is 11.1 Å². The fourth-order valence-electron chi connectivity index (χ4n) is 2.79. The first-order chi connectivity index (χ1) is 12.2. The third-order valence-electron chi connectivity index (χ3n) is 4.27. The van der Waals surface area contributed by atoms with E-state index < -0.39 is 39.8 Å². The van der Waals surface area contributed by atoms with E-state index in [4.69, 9.17) is 9.66 Å². The van der Waals surface area contributed by atoms with E-state index in [2.05, 4.69) is 6.92 Å². The minimum atomic E-state index is -4.35. The summed E-state index contributed by atoms with van der Waals surface area (Å²) in [5, 5.41) is 18.4. The summed E-state index contributed by atoms with van der Waals surface area (Å²) < 4.78 is 30.3. The summed E-state index contributed by atoms with van der Waals surface area (Å²) in [7, 11) is -4.35. The van der Waals surface area contributed by atoms with Gasteiger partial charge < -0.3 is 11.6 Å². The van der Waals surface area contributed by atoms with Gasteiger partial charge in [-0.25, -0.2) is 9.59 Å². The molecule has 27 heavy (non-hydrogen) atoms. The Morgan fingerprint density at radius 2 is 1.11 bits per heavy atom. The smallest absolute Gasteiger partial charge is 1.00 e. The molecule has 0 saturated heterocycles. The fourth-order valence-corrected chi connectivity index (χ4v) is 3.26. The van der Waals surface area contributed by atoms with Crippen LogP contribution in [-0.4, -0.2) is 40.9 Å². The van der Waals surface area contributed by atoms with Crippen molar-refractivity contribution >= 4 is 22.1 Å². The van der Waals surface area contributed by atoms with E-state index in [0.717, 1.165) is 25.7 Å².